The van der Waals surface area contributed by atoms with Gasteiger partial charge in [-0.2, -0.15) is 18.3 Å². The minimum Gasteiger partial charge on any atom is -0.453 e. The van der Waals surface area contributed by atoms with Crippen LogP contribution in [-0.4, -0.2) is 28.1 Å². The van der Waals surface area contributed by atoms with E-state index in [-0.39, 0.29) is 17.1 Å². The fourth-order valence-corrected chi connectivity index (χ4v) is 3.47. The average molecular weight is 470 g/mol. The van der Waals surface area contributed by atoms with Crippen LogP contribution in [0, 0.1) is 13.8 Å². The van der Waals surface area contributed by atoms with E-state index in [4.69, 9.17) is 9.15 Å². The van der Waals surface area contributed by atoms with Crippen LogP contribution in [0.2, 0.25) is 0 Å². The summed E-state index contributed by atoms with van der Waals surface area (Å²) < 4.78 is 50.8. The van der Waals surface area contributed by atoms with Gasteiger partial charge in [-0.05, 0) is 38.1 Å². The maximum absolute atomic E-state index is 13.1. The Morgan fingerprint density at radius 1 is 1.06 bits per heavy atom. The predicted molar refractivity (Wildman–Crippen MR) is 115 cm³/mol. The molecular weight excluding hydrogens is 453 g/mol. The first-order valence-electron chi connectivity index (χ1n) is 10.0. The second kappa shape index (κ2) is 8.62. The molecule has 0 radical (unpaired) electrons. The summed E-state index contributed by atoms with van der Waals surface area (Å²) in [6, 6.07) is 12.3. The molecule has 0 atom stereocenters. The minimum absolute atomic E-state index is 0.00430. The Bertz CT molecular complexity index is 1480. The molecule has 174 valence electrons. The van der Waals surface area contributed by atoms with Gasteiger partial charge in [-0.1, -0.05) is 24.3 Å². The summed E-state index contributed by atoms with van der Waals surface area (Å²) in [5.41, 5.74) is -1.10. The highest BCUT2D eigenvalue weighted by atomic mass is 19.4. The number of halogens is 3. The van der Waals surface area contributed by atoms with Crippen molar-refractivity contribution in [3.63, 3.8) is 0 Å². The topological polar surface area (TPSA) is 91.4 Å². The summed E-state index contributed by atoms with van der Waals surface area (Å²) in [5, 5.41) is 4.63. The highest BCUT2D eigenvalue weighted by Crippen LogP contribution is 2.30. The summed E-state index contributed by atoms with van der Waals surface area (Å²) in [7, 11) is 0. The molecule has 0 fully saturated rings. The van der Waals surface area contributed by atoms with Gasteiger partial charge in [0, 0.05) is 22.7 Å². The van der Waals surface area contributed by atoms with E-state index in [0.29, 0.717) is 11.1 Å². The van der Waals surface area contributed by atoms with Gasteiger partial charge in [0.05, 0.1) is 11.3 Å². The number of carbonyl (C=O) groups excluding carboxylic acids is 2. The van der Waals surface area contributed by atoms with Crippen molar-refractivity contribution in [2.24, 2.45) is 0 Å². The predicted octanol–water partition coefficient (Wildman–Crippen LogP) is 4.65. The molecule has 0 amide bonds. The Kier molecular flexibility index (Phi) is 5.82. The van der Waals surface area contributed by atoms with Crippen LogP contribution >= 0.6 is 0 Å². The zero-order valence-corrected chi connectivity index (χ0v) is 18.0. The molecule has 2 aromatic heterocycles. The van der Waals surface area contributed by atoms with Gasteiger partial charge < -0.3 is 9.15 Å². The van der Waals surface area contributed by atoms with E-state index >= 15 is 0 Å². The van der Waals surface area contributed by atoms with Gasteiger partial charge in [-0.15, -0.1) is 0 Å². The molecular formula is C24H17F3N2O5. The highest BCUT2D eigenvalue weighted by molar-refractivity contribution is 6.02. The van der Waals surface area contributed by atoms with Crippen molar-refractivity contribution in [3.8, 4) is 5.69 Å². The number of ketones is 1. The maximum Gasteiger partial charge on any atom is 0.416 e. The molecule has 0 spiro atoms. The molecule has 0 saturated carbocycles. The summed E-state index contributed by atoms with van der Waals surface area (Å²) >= 11 is 0. The second-order valence-electron chi connectivity index (χ2n) is 7.51. The molecule has 34 heavy (non-hydrogen) atoms. The number of rotatable bonds is 5. The van der Waals surface area contributed by atoms with E-state index in [9.17, 15) is 27.6 Å². The molecule has 0 saturated heterocycles. The molecule has 2 heterocycles. The first kappa shape index (κ1) is 23.0. The molecule has 0 bridgehead atoms. The van der Waals surface area contributed by atoms with Crippen LogP contribution in [0.25, 0.3) is 16.7 Å². The van der Waals surface area contributed by atoms with Crippen molar-refractivity contribution in [1.29, 1.82) is 0 Å². The third-order valence-corrected chi connectivity index (χ3v) is 5.15. The van der Waals surface area contributed by atoms with Gasteiger partial charge >= 0.3 is 12.1 Å². The van der Waals surface area contributed by atoms with E-state index in [1.807, 2.05) is 0 Å². The fourth-order valence-electron chi connectivity index (χ4n) is 3.47. The van der Waals surface area contributed by atoms with E-state index in [0.717, 1.165) is 28.3 Å². The molecule has 0 N–H and O–H groups in total. The number of benzene rings is 2. The van der Waals surface area contributed by atoms with Crippen LogP contribution in [0.4, 0.5) is 13.2 Å². The van der Waals surface area contributed by atoms with Gasteiger partial charge in [-0.3, -0.25) is 9.59 Å². The summed E-state index contributed by atoms with van der Waals surface area (Å²) in [6.45, 7) is 2.44. The lowest BCUT2D eigenvalue weighted by Crippen LogP contribution is -2.26. The van der Waals surface area contributed by atoms with Crippen LogP contribution in [0.1, 0.15) is 37.9 Å². The Balaban J connectivity index is 1.58. The Morgan fingerprint density at radius 3 is 2.50 bits per heavy atom. The lowest BCUT2D eigenvalue weighted by Gasteiger charge is -2.13. The number of hydrogen-bond acceptors (Lipinski definition) is 6. The average Bonchev–Trinajstić information content (AvgIpc) is 3.13. The van der Waals surface area contributed by atoms with Crippen molar-refractivity contribution in [2.75, 3.05) is 6.61 Å². The standard InChI is InChI=1S/C24H17F3N2O5/c1-13-10-18(30)21(28-29(13)16-7-5-6-15(11-16)24(25,26)27)23(32)33-12-19(31)22-14(2)17-8-3-4-9-20(17)34-22/h3-11H,12H2,1-2H3. The zero-order valence-electron chi connectivity index (χ0n) is 18.0. The molecule has 10 heteroatoms. The van der Waals surface area contributed by atoms with Crippen LogP contribution in [-0.2, 0) is 10.9 Å². The molecule has 7 nitrogen and oxygen atoms in total. The van der Waals surface area contributed by atoms with Crippen molar-refractivity contribution < 1.29 is 31.9 Å². The maximum atomic E-state index is 13.1. The number of para-hydroxylation sites is 1. The van der Waals surface area contributed by atoms with E-state index < -0.39 is 41.2 Å². The third-order valence-electron chi connectivity index (χ3n) is 5.15. The van der Waals surface area contributed by atoms with Gasteiger partial charge in [0.15, 0.2) is 12.4 Å². The van der Waals surface area contributed by atoms with Gasteiger partial charge in [-0.25, -0.2) is 9.48 Å². The largest absolute Gasteiger partial charge is 0.453 e. The number of carbonyl (C=O) groups is 2. The third kappa shape index (κ3) is 4.34. The first-order valence-corrected chi connectivity index (χ1v) is 10.0. The molecule has 0 aliphatic heterocycles. The SMILES string of the molecule is Cc1c(C(=O)COC(=O)c2nn(-c3cccc(C(F)(F)F)c3)c(C)cc2=O)oc2ccccc12. The van der Waals surface area contributed by atoms with Crippen molar-refractivity contribution in [3.05, 3.63) is 93.1 Å². The number of esters is 1. The number of ether oxygens (including phenoxy) is 1. The molecule has 0 unspecified atom stereocenters. The van der Waals surface area contributed by atoms with Gasteiger partial charge in [0.1, 0.15) is 5.58 Å². The van der Waals surface area contributed by atoms with Crippen molar-refractivity contribution in [1.82, 2.24) is 9.78 Å². The number of fused-ring (bicyclic) bond motifs is 1. The molecule has 0 aliphatic rings. The van der Waals surface area contributed by atoms with E-state index in [1.54, 1.807) is 31.2 Å². The van der Waals surface area contributed by atoms with Crippen LogP contribution < -0.4 is 5.43 Å². The van der Waals surface area contributed by atoms with Crippen LogP contribution in [0.3, 0.4) is 0 Å². The number of alkyl halides is 3. The normalized spacial score (nSPS) is 11.6. The quantitative estimate of drug-likeness (QED) is 0.311. The first-order chi connectivity index (χ1) is 16.1. The summed E-state index contributed by atoms with van der Waals surface area (Å²) in [4.78, 5) is 37.4. The second-order valence-corrected chi connectivity index (χ2v) is 7.51. The number of Topliss-reactive ketones (excluding diaryl/α,β-unsaturated/α-hetero) is 1. The number of hydrogen-bond donors (Lipinski definition) is 0. The molecule has 4 aromatic rings. The molecule has 2 aromatic carbocycles. The van der Waals surface area contributed by atoms with E-state index in [2.05, 4.69) is 5.10 Å². The van der Waals surface area contributed by atoms with Gasteiger partial charge in [0.25, 0.3) is 0 Å². The van der Waals surface area contributed by atoms with Crippen molar-refractivity contribution in [2.45, 2.75) is 20.0 Å². The number of nitrogens with zero attached hydrogens (tertiary/aromatic N) is 2. The lowest BCUT2D eigenvalue weighted by atomic mass is 10.1. The Hall–Kier alpha value is -4.21. The van der Waals surface area contributed by atoms with Gasteiger partial charge in [0.2, 0.25) is 16.9 Å². The fraction of sp³-hybridized carbons (Fsp3) is 0.167. The molecule has 4 rings (SSSR count). The Morgan fingerprint density at radius 2 is 1.79 bits per heavy atom. The highest BCUT2D eigenvalue weighted by Gasteiger charge is 2.31. The zero-order chi connectivity index (χ0) is 24.6. The van der Waals surface area contributed by atoms with Crippen LogP contribution in [0.15, 0.2) is 63.8 Å². The monoisotopic (exact) mass is 470 g/mol. The van der Waals surface area contributed by atoms with E-state index in [1.165, 1.54) is 19.1 Å². The summed E-state index contributed by atoms with van der Waals surface area (Å²) in [5.74, 6) is -1.78. The number of aryl methyl sites for hydroxylation is 2. The number of furan rings is 1. The van der Waals surface area contributed by atoms with Crippen LogP contribution in [0.5, 0.6) is 0 Å². The smallest absolute Gasteiger partial charge is 0.416 e. The Labute approximate surface area is 190 Å². The summed E-state index contributed by atoms with van der Waals surface area (Å²) in [6.07, 6.45) is -4.58. The minimum atomic E-state index is -4.58. The number of aromatic nitrogens is 2. The lowest BCUT2D eigenvalue weighted by molar-refractivity contribution is -0.137. The van der Waals surface area contributed by atoms with Crippen molar-refractivity contribution >= 4 is 22.7 Å². The molecule has 0 aliphatic carbocycles.